The molecular formula is C21H21NO3. The number of hydrogen-bond donors (Lipinski definition) is 0. The van der Waals surface area contributed by atoms with Crippen LogP contribution < -0.4 is 4.74 Å². The van der Waals surface area contributed by atoms with Gasteiger partial charge in [-0.15, -0.1) is 0 Å². The van der Waals surface area contributed by atoms with Crippen LogP contribution in [0.4, 0.5) is 0 Å². The smallest absolute Gasteiger partial charge is 0.363 e. The first-order valence-corrected chi connectivity index (χ1v) is 8.48. The van der Waals surface area contributed by atoms with Gasteiger partial charge in [0.1, 0.15) is 5.75 Å². The van der Waals surface area contributed by atoms with Crippen molar-refractivity contribution < 1.29 is 14.3 Å². The molecule has 0 saturated heterocycles. The van der Waals surface area contributed by atoms with Gasteiger partial charge in [-0.2, -0.15) is 0 Å². The molecule has 0 unspecified atom stereocenters. The fraction of sp³-hybridized carbons (Fsp3) is 0.238. The number of unbranched alkanes of at least 4 members (excludes halogenated alkanes) is 1. The Morgan fingerprint density at radius 1 is 1.16 bits per heavy atom. The van der Waals surface area contributed by atoms with Crippen LogP contribution in [0, 0.1) is 6.92 Å². The van der Waals surface area contributed by atoms with Crippen molar-refractivity contribution in [3.05, 3.63) is 70.9 Å². The molecule has 0 bridgehead atoms. The maximum atomic E-state index is 12.1. The monoisotopic (exact) mass is 335 g/mol. The molecule has 0 amide bonds. The van der Waals surface area contributed by atoms with Crippen LogP contribution in [0.15, 0.2) is 59.2 Å². The maximum Gasteiger partial charge on any atom is 0.363 e. The largest absolute Gasteiger partial charge is 0.494 e. The van der Waals surface area contributed by atoms with Gasteiger partial charge in [0.15, 0.2) is 5.70 Å². The number of ether oxygens (including phenoxy) is 2. The Morgan fingerprint density at radius 2 is 1.96 bits per heavy atom. The summed E-state index contributed by atoms with van der Waals surface area (Å²) in [6.45, 7) is 4.82. The Hall–Kier alpha value is -2.88. The number of hydrogen-bond acceptors (Lipinski definition) is 4. The number of aryl methyl sites for hydroxylation is 1. The zero-order valence-corrected chi connectivity index (χ0v) is 14.5. The van der Waals surface area contributed by atoms with Gasteiger partial charge in [-0.1, -0.05) is 43.2 Å². The number of cyclic esters (lactones) is 1. The zero-order valence-electron chi connectivity index (χ0n) is 14.5. The van der Waals surface area contributed by atoms with Crippen LogP contribution in [0.2, 0.25) is 0 Å². The van der Waals surface area contributed by atoms with Crippen LogP contribution >= 0.6 is 0 Å². The Balaban J connectivity index is 1.79. The van der Waals surface area contributed by atoms with Crippen LogP contribution in [-0.2, 0) is 9.53 Å². The van der Waals surface area contributed by atoms with Crippen molar-refractivity contribution in [3.8, 4) is 5.75 Å². The second kappa shape index (κ2) is 7.79. The molecule has 3 rings (SSSR count). The average molecular weight is 335 g/mol. The first-order chi connectivity index (χ1) is 12.2. The summed E-state index contributed by atoms with van der Waals surface area (Å²) in [6.07, 6.45) is 3.82. The molecule has 25 heavy (non-hydrogen) atoms. The third-order valence-electron chi connectivity index (χ3n) is 3.85. The first kappa shape index (κ1) is 17.0. The number of esters is 1. The van der Waals surface area contributed by atoms with E-state index in [1.807, 2.05) is 55.5 Å². The fourth-order valence-electron chi connectivity index (χ4n) is 2.42. The van der Waals surface area contributed by atoms with E-state index in [9.17, 15) is 4.79 Å². The number of nitrogens with zero attached hydrogens (tertiary/aromatic N) is 1. The topological polar surface area (TPSA) is 47.9 Å². The normalized spacial score (nSPS) is 15.2. The quantitative estimate of drug-likeness (QED) is 0.443. The molecule has 4 nitrogen and oxygen atoms in total. The van der Waals surface area contributed by atoms with Gasteiger partial charge >= 0.3 is 5.97 Å². The lowest BCUT2D eigenvalue weighted by Crippen LogP contribution is -2.05. The van der Waals surface area contributed by atoms with Crippen LogP contribution in [-0.4, -0.2) is 18.5 Å². The molecule has 0 spiro atoms. The minimum atomic E-state index is -0.437. The Labute approximate surface area is 147 Å². The summed E-state index contributed by atoms with van der Waals surface area (Å²) < 4.78 is 11.0. The lowest BCUT2D eigenvalue weighted by molar-refractivity contribution is -0.129. The summed E-state index contributed by atoms with van der Waals surface area (Å²) in [5.74, 6) is 0.691. The molecule has 2 aromatic rings. The molecule has 0 N–H and O–H groups in total. The van der Waals surface area contributed by atoms with Crippen molar-refractivity contribution in [1.29, 1.82) is 0 Å². The van der Waals surface area contributed by atoms with E-state index < -0.39 is 5.97 Å². The molecule has 0 aliphatic carbocycles. The number of aliphatic imine (C=N–C) groups is 1. The van der Waals surface area contributed by atoms with Crippen molar-refractivity contribution in [1.82, 2.24) is 0 Å². The molecule has 128 valence electrons. The van der Waals surface area contributed by atoms with E-state index in [1.165, 1.54) is 0 Å². The van der Waals surface area contributed by atoms with Crippen molar-refractivity contribution in [2.75, 3.05) is 6.61 Å². The van der Waals surface area contributed by atoms with Gasteiger partial charge in [0.2, 0.25) is 5.90 Å². The predicted molar refractivity (Wildman–Crippen MR) is 98.6 cm³/mol. The second-order valence-corrected chi connectivity index (χ2v) is 5.98. The summed E-state index contributed by atoms with van der Waals surface area (Å²) in [7, 11) is 0. The molecule has 2 aromatic carbocycles. The maximum absolute atomic E-state index is 12.1. The van der Waals surface area contributed by atoms with Crippen molar-refractivity contribution in [3.63, 3.8) is 0 Å². The van der Waals surface area contributed by atoms with Crippen LogP contribution in [0.3, 0.4) is 0 Å². The van der Waals surface area contributed by atoms with Gasteiger partial charge in [-0.05, 0) is 49.2 Å². The van der Waals surface area contributed by atoms with Crippen molar-refractivity contribution in [2.24, 2.45) is 4.99 Å². The highest BCUT2D eigenvalue weighted by Gasteiger charge is 2.24. The van der Waals surface area contributed by atoms with Crippen molar-refractivity contribution in [2.45, 2.75) is 26.7 Å². The highest BCUT2D eigenvalue weighted by Crippen LogP contribution is 2.21. The van der Waals surface area contributed by atoms with Crippen LogP contribution in [0.1, 0.15) is 36.5 Å². The molecule has 0 fully saturated rings. The molecule has 0 atom stereocenters. The SMILES string of the molecule is CCCCOc1cccc(/C=C2\N=C(c3ccc(C)cc3)OC2=O)c1. The first-order valence-electron chi connectivity index (χ1n) is 8.48. The van der Waals surface area contributed by atoms with Crippen LogP contribution in [0.25, 0.3) is 6.08 Å². The van der Waals surface area contributed by atoms with Gasteiger partial charge in [0, 0.05) is 5.56 Å². The lowest BCUT2D eigenvalue weighted by Gasteiger charge is -2.05. The van der Waals surface area contributed by atoms with Gasteiger partial charge in [0.25, 0.3) is 0 Å². The second-order valence-electron chi connectivity index (χ2n) is 5.98. The van der Waals surface area contributed by atoms with E-state index in [4.69, 9.17) is 9.47 Å². The molecule has 0 saturated carbocycles. The number of carbonyl (C=O) groups is 1. The summed E-state index contributed by atoms with van der Waals surface area (Å²) in [6, 6.07) is 15.3. The highest BCUT2D eigenvalue weighted by atomic mass is 16.6. The minimum absolute atomic E-state index is 0.293. The molecule has 4 heteroatoms. The van der Waals surface area contributed by atoms with Crippen LogP contribution in [0.5, 0.6) is 5.75 Å². The van der Waals surface area contributed by atoms with E-state index in [2.05, 4.69) is 11.9 Å². The van der Waals surface area contributed by atoms with E-state index in [0.717, 1.165) is 35.3 Å². The number of rotatable bonds is 6. The number of carbonyl (C=O) groups excluding carboxylic acids is 1. The Bertz CT molecular complexity index is 819. The molecule has 1 heterocycles. The predicted octanol–water partition coefficient (Wildman–Crippen LogP) is 4.52. The van der Waals surface area contributed by atoms with Crippen molar-refractivity contribution >= 4 is 17.9 Å². The summed E-state index contributed by atoms with van der Waals surface area (Å²) in [5.41, 5.74) is 3.08. The molecular weight excluding hydrogens is 314 g/mol. The molecule has 0 radical (unpaired) electrons. The highest BCUT2D eigenvalue weighted by molar-refractivity contribution is 6.12. The summed E-state index contributed by atoms with van der Waals surface area (Å²) in [4.78, 5) is 16.4. The summed E-state index contributed by atoms with van der Waals surface area (Å²) >= 11 is 0. The van der Waals surface area contributed by atoms with Gasteiger partial charge < -0.3 is 9.47 Å². The van der Waals surface area contributed by atoms with E-state index in [1.54, 1.807) is 6.08 Å². The lowest BCUT2D eigenvalue weighted by atomic mass is 10.1. The third kappa shape index (κ3) is 4.35. The molecule has 1 aliphatic heterocycles. The Morgan fingerprint density at radius 3 is 2.72 bits per heavy atom. The van der Waals surface area contributed by atoms with Gasteiger partial charge in [0.05, 0.1) is 6.61 Å². The molecule has 1 aliphatic rings. The third-order valence-corrected chi connectivity index (χ3v) is 3.85. The Kier molecular flexibility index (Phi) is 5.29. The van der Waals surface area contributed by atoms with E-state index in [-0.39, 0.29) is 0 Å². The molecule has 0 aromatic heterocycles. The zero-order chi connectivity index (χ0) is 17.6. The minimum Gasteiger partial charge on any atom is -0.494 e. The summed E-state index contributed by atoms with van der Waals surface area (Å²) in [5, 5.41) is 0. The van der Waals surface area contributed by atoms with E-state index in [0.29, 0.717) is 18.2 Å². The van der Waals surface area contributed by atoms with Gasteiger partial charge in [-0.25, -0.2) is 9.79 Å². The average Bonchev–Trinajstić information content (AvgIpc) is 2.97. The van der Waals surface area contributed by atoms with E-state index >= 15 is 0 Å². The number of benzene rings is 2. The standard InChI is InChI=1S/C21H21NO3/c1-3-4-12-24-18-7-5-6-16(13-18)14-19-21(23)25-20(22-19)17-10-8-15(2)9-11-17/h5-11,13-14H,3-4,12H2,1-2H3/b19-14-. The van der Waals surface area contributed by atoms with Gasteiger partial charge in [-0.3, -0.25) is 0 Å². The fourth-order valence-corrected chi connectivity index (χ4v) is 2.42.